The van der Waals surface area contributed by atoms with Gasteiger partial charge in [-0.25, -0.2) is 22.0 Å². The molecule has 0 radical (unpaired) electrons. The average molecular weight is 1740 g/mol. The Morgan fingerprint density at radius 2 is 0.608 bits per heavy atom. The molecule has 0 aromatic heterocycles. The minimum absolute atomic E-state index is 0.106. The van der Waals surface area contributed by atoms with Crippen molar-refractivity contribution in [2.45, 2.75) is 354 Å². The number of hydrogen-bond donors (Lipinski definition) is 5. The number of amides is 5. The van der Waals surface area contributed by atoms with Crippen molar-refractivity contribution in [1.29, 1.82) is 0 Å². The zero-order chi connectivity index (χ0) is 94.7. The maximum absolute atomic E-state index is 14.2. The Bertz CT molecular complexity index is 4140. The normalized spacial score (nSPS) is 14.5. The van der Waals surface area contributed by atoms with Crippen LogP contribution in [0.3, 0.4) is 0 Å². The maximum atomic E-state index is 14.2. The number of likely N-dealkylation sites (tertiary alicyclic amines) is 2. The van der Waals surface area contributed by atoms with Crippen LogP contribution in [0.1, 0.15) is 401 Å². The summed E-state index contributed by atoms with van der Waals surface area (Å²) in [6.45, 7) is 69.6. The first-order chi connectivity index (χ1) is 57.8. The Morgan fingerprint density at radius 1 is 0.328 bits per heavy atom. The minimum Gasteiger partial charge on any atom is -0.352 e. The highest BCUT2D eigenvalue weighted by Gasteiger charge is 2.27. The van der Waals surface area contributed by atoms with Crippen molar-refractivity contribution in [2.24, 2.45) is 16.7 Å². The third-order valence-corrected chi connectivity index (χ3v) is 23.2. The zero-order valence-corrected chi connectivity index (χ0v) is 83.2. The quantitative estimate of drug-likeness (QED) is 0.0355. The maximum Gasteiger partial charge on any atom is 0.254 e. The third-order valence-electron chi connectivity index (χ3n) is 23.2. The first-order valence-corrected chi connectivity index (χ1v) is 46.8. The Hall–Kier alpha value is -7.76. The molecule has 2 heterocycles. The van der Waals surface area contributed by atoms with Gasteiger partial charge in [0, 0.05) is 38.3 Å². The van der Waals surface area contributed by atoms with Gasteiger partial charge >= 0.3 is 0 Å². The van der Waals surface area contributed by atoms with E-state index in [0.717, 1.165) is 105 Å². The summed E-state index contributed by atoms with van der Waals surface area (Å²) >= 11 is 0. The van der Waals surface area contributed by atoms with E-state index in [-0.39, 0.29) is 95.4 Å². The number of nitrogens with zero attached hydrogens (tertiary/aromatic N) is 2. The van der Waals surface area contributed by atoms with Crippen LogP contribution in [0.4, 0.5) is 22.0 Å². The molecular formula is C108H168F5N7O5. The average Bonchev–Trinajstić information content (AvgIpc) is 0.851. The van der Waals surface area contributed by atoms with Crippen molar-refractivity contribution in [2.75, 3.05) is 65.4 Å². The molecule has 1 aliphatic carbocycles. The molecule has 9 rings (SSSR count). The van der Waals surface area contributed by atoms with E-state index >= 15 is 0 Å². The summed E-state index contributed by atoms with van der Waals surface area (Å²) in [4.78, 5) is 64.8. The number of carbonyl (C=O) groups is 5. The van der Waals surface area contributed by atoms with Crippen molar-refractivity contribution in [3.05, 3.63) is 211 Å². The van der Waals surface area contributed by atoms with Crippen molar-refractivity contribution >= 4 is 29.5 Å². The molecule has 125 heavy (non-hydrogen) atoms. The highest BCUT2D eigenvalue weighted by atomic mass is 19.1. The van der Waals surface area contributed by atoms with Crippen molar-refractivity contribution in [1.82, 2.24) is 36.4 Å². The molecular weight excluding hydrogens is 1570 g/mol. The van der Waals surface area contributed by atoms with Gasteiger partial charge in [-0.2, -0.15) is 0 Å². The number of carbonyl (C=O) groups excluding carboxylic acids is 5. The van der Waals surface area contributed by atoms with E-state index in [9.17, 15) is 45.9 Å². The summed E-state index contributed by atoms with van der Waals surface area (Å²) in [7, 11) is 0. The van der Waals surface area contributed by atoms with Crippen LogP contribution in [-0.4, -0.2) is 110 Å². The fourth-order valence-corrected chi connectivity index (χ4v) is 14.0. The van der Waals surface area contributed by atoms with Crippen LogP contribution in [0.2, 0.25) is 0 Å². The van der Waals surface area contributed by atoms with Gasteiger partial charge in [-0.1, -0.05) is 286 Å². The number of hydrogen-bond acceptors (Lipinski definition) is 7. The molecule has 6 aromatic carbocycles. The molecule has 5 amide bonds. The van der Waals surface area contributed by atoms with Crippen molar-refractivity contribution in [3.8, 4) is 0 Å². The molecule has 6 aromatic rings. The number of benzene rings is 6. The molecule has 1 saturated carbocycles. The molecule has 3 aliphatic rings. The molecule has 17 heteroatoms. The molecule has 0 bridgehead atoms. The van der Waals surface area contributed by atoms with Crippen LogP contribution < -0.4 is 26.6 Å². The number of piperidine rings is 2. The second-order valence-corrected chi connectivity index (χ2v) is 43.8. The summed E-state index contributed by atoms with van der Waals surface area (Å²) in [5.74, 6) is -3.14. The van der Waals surface area contributed by atoms with E-state index in [0.29, 0.717) is 37.0 Å². The lowest BCUT2D eigenvalue weighted by Crippen LogP contribution is -2.43. The molecule has 2 saturated heterocycles. The van der Waals surface area contributed by atoms with Crippen LogP contribution >= 0.6 is 0 Å². The van der Waals surface area contributed by atoms with Gasteiger partial charge in [-0.05, 0) is 266 Å². The van der Waals surface area contributed by atoms with Crippen LogP contribution in [0.5, 0.6) is 0 Å². The minimum atomic E-state index is -0.461. The third kappa shape index (κ3) is 43.3. The summed E-state index contributed by atoms with van der Waals surface area (Å²) in [5, 5.41) is 14.0. The van der Waals surface area contributed by atoms with Crippen LogP contribution in [0.15, 0.2) is 115 Å². The second kappa shape index (κ2) is 51.4. The largest absolute Gasteiger partial charge is 0.352 e. The Balaban J connectivity index is 0.000000382. The van der Waals surface area contributed by atoms with Gasteiger partial charge < -0.3 is 36.4 Å². The highest BCUT2D eigenvalue weighted by molar-refractivity contribution is 5.97. The number of halogens is 5. The number of rotatable bonds is 21. The molecule has 700 valence electrons. The Morgan fingerprint density at radius 3 is 0.896 bits per heavy atom. The van der Waals surface area contributed by atoms with Gasteiger partial charge in [0.25, 0.3) is 29.5 Å². The predicted molar refractivity (Wildman–Crippen MR) is 516 cm³/mol. The molecule has 3 fully saturated rings. The summed E-state index contributed by atoms with van der Waals surface area (Å²) in [6.07, 6.45) is 21.5. The SMILES string of the molecule is CC(C)(C)CCC(C)(C)C.CC(C)(C)c1ccc(C(=O)NCCC2CCCCC2)c(F)c1.CC(C)(C)c1ccc(C(=O)NCCCN2CCCCC2)c(F)c1.CC(C)(C)c1ccc(C(=O)NCCN2CCCCC2)c(F)c1.CCC(C)(C)NC(=O)c1ccc(C(C)(C)C)cc1F.CCCNC(=O)c1ccc(C(C)(C)C)cc1F.CCc1ccc(C(C)(C)C)cc1. The van der Waals surface area contributed by atoms with Crippen LogP contribution in [0.25, 0.3) is 0 Å². The Labute approximate surface area is 755 Å². The van der Waals surface area contributed by atoms with Gasteiger partial charge in [0.1, 0.15) is 29.1 Å². The van der Waals surface area contributed by atoms with Crippen molar-refractivity contribution < 1.29 is 45.9 Å². The number of nitrogens with one attached hydrogen (secondary N) is 5. The van der Waals surface area contributed by atoms with E-state index < -0.39 is 29.1 Å². The smallest absolute Gasteiger partial charge is 0.254 e. The van der Waals surface area contributed by atoms with E-state index in [1.165, 1.54) is 125 Å². The fourth-order valence-electron chi connectivity index (χ4n) is 14.0. The summed E-state index contributed by atoms with van der Waals surface area (Å²) < 4.78 is 70.3. The van der Waals surface area contributed by atoms with Gasteiger partial charge in [0.05, 0.1) is 27.8 Å². The summed E-state index contributed by atoms with van der Waals surface area (Å²) in [5.41, 5.74) is 8.33. The van der Waals surface area contributed by atoms with Gasteiger partial charge in [-0.15, -0.1) is 0 Å². The van der Waals surface area contributed by atoms with E-state index in [1.54, 1.807) is 30.3 Å². The zero-order valence-electron chi connectivity index (χ0n) is 83.2. The first kappa shape index (κ1) is 111. The molecule has 2 aliphatic heterocycles. The number of aryl methyl sites for hydroxylation is 1. The second-order valence-electron chi connectivity index (χ2n) is 43.8. The van der Waals surface area contributed by atoms with Crippen molar-refractivity contribution in [3.63, 3.8) is 0 Å². The lowest BCUT2D eigenvalue weighted by molar-refractivity contribution is 0.0902. The van der Waals surface area contributed by atoms with Crippen LogP contribution in [-0.2, 0) is 38.9 Å². The summed E-state index contributed by atoms with van der Waals surface area (Å²) in [6, 6.07) is 33.3. The topological polar surface area (TPSA) is 152 Å². The van der Waals surface area contributed by atoms with E-state index in [2.05, 4.69) is 130 Å². The first-order valence-electron chi connectivity index (χ1n) is 46.8. The molecule has 0 unspecified atom stereocenters. The monoisotopic (exact) mass is 1740 g/mol. The Kier molecular flexibility index (Phi) is 45.8. The lowest BCUT2D eigenvalue weighted by Gasteiger charge is -2.26. The molecule has 0 atom stereocenters. The van der Waals surface area contributed by atoms with E-state index in [4.69, 9.17) is 0 Å². The van der Waals surface area contributed by atoms with Gasteiger partial charge in [-0.3, -0.25) is 24.0 Å². The van der Waals surface area contributed by atoms with Crippen LogP contribution in [0, 0.1) is 45.8 Å². The fraction of sp³-hybridized carbons (Fsp3) is 0.620. The molecule has 12 nitrogen and oxygen atoms in total. The lowest BCUT2D eigenvalue weighted by atomic mass is 9.81. The molecule has 0 spiro atoms. The van der Waals surface area contributed by atoms with Gasteiger partial charge in [0.2, 0.25) is 0 Å². The van der Waals surface area contributed by atoms with Gasteiger partial charge in [0.15, 0.2) is 0 Å². The standard InChI is InChI=1S/C19H29FN2O.C19H28FNO.C18H27FN2O.C16H24FNO.C14H20FNO.C12H18.C10H22/c1-19(2,3)15-8-9-16(17(20)14-15)18(23)21-10-7-13-22-11-5-4-6-12-22;1-19(2,3)15-9-10-16(17(20)13-15)18(22)21-12-11-14-7-5-4-6-8-14;1-18(2,3)14-7-8-15(16(19)13-14)17(22)20-9-12-21-10-5-4-6-11-21;1-7-16(5,6)18-14(19)12-9-8-11(10-13(12)17)15(2,3)4;1-5-8-16-13(17)11-7-6-10(9-12(11)15)14(2,3)4;1-5-10-6-8-11(9-7-10)12(2,3)4;1-9(2,3)7-8-10(4,5)6/h8-9,14H,4-7,10-13H2,1-3H3,(H,21,23);9-10,13-14H,4-8,11-12H2,1-3H3,(H,21,22);7-8,13H,4-6,9-12H2,1-3H3,(H,20,22);8-10H,7H2,1-6H3,(H,18,19);6-7,9H,5,8H2,1-4H3,(H,16,17);6-9H,5H2,1-4H3;7-8H2,1-6H3. The van der Waals surface area contributed by atoms with E-state index in [1.807, 2.05) is 162 Å². The molecule has 5 N–H and O–H groups in total. The predicted octanol–water partition coefficient (Wildman–Crippen LogP) is 26.6. The highest BCUT2D eigenvalue weighted by Crippen LogP contribution is 2.33.